The van der Waals surface area contributed by atoms with Crippen LogP contribution in [-0.2, 0) is 4.79 Å². The summed E-state index contributed by atoms with van der Waals surface area (Å²) >= 11 is 0. The topological polar surface area (TPSA) is 114 Å². The first kappa shape index (κ1) is 24.4. The number of fused-ring (bicyclic) bond motifs is 1. The van der Waals surface area contributed by atoms with Crippen molar-refractivity contribution in [2.75, 3.05) is 57.8 Å². The number of aromatic nitrogens is 4. The smallest absolute Gasteiger partial charge is 0.319 e. The molecule has 0 bridgehead atoms. The van der Waals surface area contributed by atoms with Gasteiger partial charge in [-0.1, -0.05) is 12.6 Å². The van der Waals surface area contributed by atoms with E-state index in [9.17, 15) is 10.1 Å². The van der Waals surface area contributed by atoms with Crippen molar-refractivity contribution >= 4 is 22.6 Å². The monoisotopic (exact) mass is 512 g/mol. The summed E-state index contributed by atoms with van der Waals surface area (Å²) in [5, 5.41) is 18.6. The van der Waals surface area contributed by atoms with Crippen molar-refractivity contribution in [1.29, 1.82) is 5.26 Å². The standard InChI is InChI=1S/C28H32N8O2/c1-4-23(37)36-16-28(17-36)8-10-35(15-28)26-20(11-29)25(24-18(2)5-6-22-21(24)12-30-33-22)31-27(32-26)38-14-19-7-9-34(3)13-19/h4-6,12,19H,1,7-10,13-17H2,2-3H3,(H,30,33)/t19-/m1/s1. The van der Waals surface area contributed by atoms with Crippen LogP contribution in [0, 0.1) is 29.6 Å². The van der Waals surface area contributed by atoms with E-state index in [-0.39, 0.29) is 11.3 Å². The van der Waals surface area contributed by atoms with Gasteiger partial charge in [-0.05, 0) is 51.1 Å². The summed E-state index contributed by atoms with van der Waals surface area (Å²) in [7, 11) is 2.12. The number of nitrogens with zero attached hydrogens (tertiary/aromatic N) is 7. The van der Waals surface area contributed by atoms with E-state index < -0.39 is 0 Å². The third-order valence-corrected chi connectivity index (χ3v) is 8.26. The van der Waals surface area contributed by atoms with E-state index in [4.69, 9.17) is 14.7 Å². The zero-order valence-electron chi connectivity index (χ0n) is 21.9. The minimum Gasteiger partial charge on any atom is -0.463 e. The van der Waals surface area contributed by atoms with Gasteiger partial charge in [-0.15, -0.1) is 0 Å². The van der Waals surface area contributed by atoms with Crippen molar-refractivity contribution in [2.24, 2.45) is 11.3 Å². The Hall–Kier alpha value is -3.97. The van der Waals surface area contributed by atoms with Crippen LogP contribution in [0.15, 0.2) is 31.0 Å². The second-order valence-corrected chi connectivity index (χ2v) is 11.1. The Labute approximate surface area is 221 Å². The highest BCUT2D eigenvalue weighted by Crippen LogP contribution is 2.43. The van der Waals surface area contributed by atoms with Gasteiger partial charge in [0.25, 0.3) is 0 Å². The molecule has 3 aliphatic heterocycles. The number of carbonyl (C=O) groups is 1. The maximum atomic E-state index is 12.1. The second kappa shape index (κ2) is 9.40. The summed E-state index contributed by atoms with van der Waals surface area (Å²) in [6.45, 7) is 11.1. The van der Waals surface area contributed by atoms with Crippen LogP contribution in [0.3, 0.4) is 0 Å². The minimum absolute atomic E-state index is 0.00640. The molecule has 3 aromatic rings. The molecule has 3 saturated heterocycles. The molecule has 10 heteroatoms. The Balaban J connectivity index is 1.38. The second-order valence-electron chi connectivity index (χ2n) is 11.1. The van der Waals surface area contributed by atoms with Gasteiger partial charge in [0.1, 0.15) is 11.6 Å². The van der Waals surface area contributed by atoms with Gasteiger partial charge in [0, 0.05) is 55.0 Å². The minimum atomic E-state index is -0.0342. The first-order chi connectivity index (χ1) is 18.4. The van der Waals surface area contributed by atoms with Crippen molar-refractivity contribution in [1.82, 2.24) is 30.0 Å². The van der Waals surface area contributed by atoms with E-state index >= 15 is 0 Å². The molecule has 0 radical (unpaired) electrons. The van der Waals surface area contributed by atoms with Gasteiger partial charge in [0.15, 0.2) is 5.82 Å². The largest absolute Gasteiger partial charge is 0.463 e. The number of rotatable bonds is 6. The Morgan fingerprint density at radius 3 is 2.89 bits per heavy atom. The molecule has 1 atom stereocenters. The highest BCUT2D eigenvalue weighted by atomic mass is 16.5. The van der Waals surface area contributed by atoms with Crippen LogP contribution in [0.25, 0.3) is 22.2 Å². The molecule has 1 N–H and O–H groups in total. The molecule has 10 nitrogen and oxygen atoms in total. The highest BCUT2D eigenvalue weighted by molar-refractivity contribution is 5.97. The number of nitrogens with one attached hydrogen (secondary N) is 1. The summed E-state index contributed by atoms with van der Waals surface area (Å²) in [6.07, 6.45) is 5.15. The Bertz CT molecular complexity index is 1450. The molecule has 3 aliphatic rings. The van der Waals surface area contributed by atoms with E-state index in [2.05, 4.69) is 39.7 Å². The lowest BCUT2D eigenvalue weighted by molar-refractivity contribution is -0.136. The van der Waals surface area contributed by atoms with Crippen LogP contribution in [0.2, 0.25) is 0 Å². The Kier molecular flexibility index (Phi) is 6.03. The van der Waals surface area contributed by atoms with E-state index in [0.717, 1.165) is 61.1 Å². The molecule has 3 fully saturated rings. The number of benzene rings is 1. The van der Waals surface area contributed by atoms with Crippen LogP contribution in [0.1, 0.15) is 24.0 Å². The van der Waals surface area contributed by atoms with E-state index in [0.29, 0.717) is 48.7 Å². The molecule has 6 rings (SSSR count). The van der Waals surface area contributed by atoms with Gasteiger partial charge in [0.05, 0.1) is 24.0 Å². The zero-order valence-corrected chi connectivity index (χ0v) is 21.9. The van der Waals surface area contributed by atoms with E-state index in [1.165, 1.54) is 6.08 Å². The number of H-pyrrole nitrogens is 1. The number of aryl methyl sites for hydroxylation is 1. The van der Waals surface area contributed by atoms with Crippen molar-refractivity contribution in [3.05, 3.63) is 42.1 Å². The van der Waals surface area contributed by atoms with Gasteiger partial charge in [-0.2, -0.15) is 20.3 Å². The van der Waals surface area contributed by atoms with E-state index in [1.54, 1.807) is 6.20 Å². The summed E-state index contributed by atoms with van der Waals surface area (Å²) in [4.78, 5) is 28.0. The number of nitriles is 1. The van der Waals surface area contributed by atoms with Gasteiger partial charge >= 0.3 is 6.01 Å². The Morgan fingerprint density at radius 2 is 2.16 bits per heavy atom. The van der Waals surface area contributed by atoms with Crippen LogP contribution < -0.4 is 9.64 Å². The summed E-state index contributed by atoms with van der Waals surface area (Å²) in [6, 6.07) is 6.71. The quantitative estimate of drug-likeness (QED) is 0.502. The number of anilines is 1. The zero-order chi connectivity index (χ0) is 26.4. The van der Waals surface area contributed by atoms with Gasteiger partial charge in [0.2, 0.25) is 5.91 Å². The number of ether oxygens (including phenoxy) is 1. The number of hydrogen-bond acceptors (Lipinski definition) is 8. The van der Waals surface area contributed by atoms with Crippen LogP contribution in [0.4, 0.5) is 5.82 Å². The predicted octanol–water partition coefficient (Wildman–Crippen LogP) is 2.76. The molecule has 196 valence electrons. The Morgan fingerprint density at radius 1 is 1.32 bits per heavy atom. The molecule has 1 aromatic carbocycles. The van der Waals surface area contributed by atoms with Crippen molar-refractivity contribution < 1.29 is 9.53 Å². The maximum Gasteiger partial charge on any atom is 0.319 e. The lowest BCUT2D eigenvalue weighted by atomic mass is 9.79. The molecule has 2 aromatic heterocycles. The molecule has 1 amide bonds. The van der Waals surface area contributed by atoms with Crippen molar-refractivity contribution in [2.45, 2.75) is 19.8 Å². The first-order valence-corrected chi connectivity index (χ1v) is 13.1. The fraction of sp³-hybridized carbons (Fsp3) is 0.464. The molecule has 0 aliphatic carbocycles. The summed E-state index contributed by atoms with van der Waals surface area (Å²) < 4.78 is 6.22. The molecule has 0 unspecified atom stereocenters. The summed E-state index contributed by atoms with van der Waals surface area (Å²) in [5.74, 6) is 0.984. The molecule has 1 spiro atoms. The normalized spacial score (nSPS) is 20.6. The SMILES string of the molecule is C=CC(=O)N1CC2(CCN(c3nc(OC[C@@H]4CCN(C)C4)nc(-c4c(C)ccc5[nH]ncc45)c3C#N)C2)C1. The molecule has 38 heavy (non-hydrogen) atoms. The maximum absolute atomic E-state index is 12.1. The van der Waals surface area contributed by atoms with Gasteiger partial charge in [-0.3, -0.25) is 9.89 Å². The van der Waals surface area contributed by atoms with Crippen molar-refractivity contribution in [3.63, 3.8) is 0 Å². The third-order valence-electron chi connectivity index (χ3n) is 8.26. The number of likely N-dealkylation sites (tertiary alicyclic amines) is 2. The van der Waals surface area contributed by atoms with Gasteiger partial charge in [-0.25, -0.2) is 0 Å². The fourth-order valence-electron chi connectivity index (χ4n) is 6.22. The average Bonchev–Trinajstić information content (AvgIpc) is 3.65. The van der Waals surface area contributed by atoms with Crippen LogP contribution in [0.5, 0.6) is 6.01 Å². The fourth-order valence-corrected chi connectivity index (χ4v) is 6.22. The van der Waals surface area contributed by atoms with Crippen molar-refractivity contribution in [3.8, 4) is 23.3 Å². The number of amides is 1. The number of carbonyl (C=O) groups excluding carboxylic acids is 1. The van der Waals surface area contributed by atoms with Crippen LogP contribution >= 0.6 is 0 Å². The molecule has 0 saturated carbocycles. The predicted molar refractivity (Wildman–Crippen MR) is 144 cm³/mol. The average molecular weight is 513 g/mol. The number of hydrogen-bond donors (Lipinski definition) is 1. The molecular weight excluding hydrogens is 480 g/mol. The molecule has 5 heterocycles. The summed E-state index contributed by atoms with van der Waals surface area (Å²) in [5.41, 5.74) is 3.75. The van der Waals surface area contributed by atoms with Gasteiger partial charge < -0.3 is 19.4 Å². The first-order valence-electron chi connectivity index (χ1n) is 13.1. The third kappa shape index (κ3) is 4.17. The number of aromatic amines is 1. The lowest BCUT2D eigenvalue weighted by Crippen LogP contribution is -2.59. The lowest BCUT2D eigenvalue weighted by Gasteiger charge is -2.47. The van der Waals surface area contributed by atoms with E-state index in [1.807, 2.05) is 24.0 Å². The van der Waals surface area contributed by atoms with Crippen LogP contribution in [-0.4, -0.2) is 88.8 Å². The molecular formula is C28H32N8O2. The highest BCUT2D eigenvalue weighted by Gasteiger charge is 2.49.